The summed E-state index contributed by atoms with van der Waals surface area (Å²) in [5.74, 6) is -0.0234. The number of likely N-dealkylation sites (N-methyl/N-ethyl adjacent to an activating group) is 1. The monoisotopic (exact) mass is 321 g/mol. The lowest BCUT2D eigenvalue weighted by atomic mass is 10.0. The maximum Gasteiger partial charge on any atom is 0.242 e. The number of nitrogens with zero attached hydrogens (tertiary/aromatic N) is 1. The van der Waals surface area contributed by atoms with Crippen LogP contribution >= 0.6 is 24.8 Å². The first-order chi connectivity index (χ1) is 8.31. The third-order valence-corrected chi connectivity index (χ3v) is 2.60. The number of hydrogen-bond donors (Lipinski definition) is 2. The van der Waals surface area contributed by atoms with Gasteiger partial charge in [-0.05, 0) is 33.5 Å². The Morgan fingerprint density at radius 2 is 1.75 bits per heavy atom. The molecule has 0 spiro atoms. The number of nitrogens with two attached hydrogens (primary N) is 1. The summed E-state index contributed by atoms with van der Waals surface area (Å²) in [5.41, 5.74) is 6.45. The quantitative estimate of drug-likeness (QED) is 0.872. The van der Waals surface area contributed by atoms with Gasteiger partial charge in [-0.2, -0.15) is 0 Å². The molecule has 1 amide bonds. The highest BCUT2D eigenvalue weighted by Crippen LogP contribution is 2.17. The first kappa shape index (κ1) is 21.5. The molecule has 0 aliphatic heterocycles. The second-order valence-electron chi connectivity index (χ2n) is 5.48. The second kappa shape index (κ2) is 9.19. The third kappa shape index (κ3) is 7.10. The lowest BCUT2D eigenvalue weighted by Gasteiger charge is -2.26. The predicted octanol–water partition coefficient (Wildman–Crippen LogP) is 1.99. The van der Waals surface area contributed by atoms with Gasteiger partial charge in [0.25, 0.3) is 0 Å². The lowest BCUT2D eigenvalue weighted by Crippen LogP contribution is -2.47. The molecule has 0 saturated heterocycles. The van der Waals surface area contributed by atoms with Crippen LogP contribution in [0.4, 0.5) is 0 Å². The van der Waals surface area contributed by atoms with Crippen LogP contribution in [0.3, 0.4) is 0 Å². The number of halogens is 2. The molecule has 4 nitrogen and oxygen atoms in total. The molecule has 1 unspecified atom stereocenters. The average Bonchev–Trinajstić information content (AvgIpc) is 2.26. The molecule has 0 aromatic heterocycles. The largest absolute Gasteiger partial charge is 0.353 e. The van der Waals surface area contributed by atoms with Gasteiger partial charge in [-0.25, -0.2) is 0 Å². The summed E-state index contributed by atoms with van der Waals surface area (Å²) in [4.78, 5) is 14.1. The van der Waals surface area contributed by atoms with Crippen molar-refractivity contribution in [3.8, 4) is 0 Å². The van der Waals surface area contributed by atoms with Crippen LogP contribution in [0.25, 0.3) is 0 Å². The van der Waals surface area contributed by atoms with Crippen molar-refractivity contribution >= 4 is 30.7 Å². The van der Waals surface area contributed by atoms with Gasteiger partial charge < -0.3 is 11.1 Å². The van der Waals surface area contributed by atoms with E-state index in [0.29, 0.717) is 6.54 Å². The van der Waals surface area contributed by atoms with Crippen LogP contribution in [-0.4, -0.2) is 37.0 Å². The number of nitrogens with one attached hydrogen (secondary N) is 1. The van der Waals surface area contributed by atoms with Gasteiger partial charge in [0.2, 0.25) is 5.91 Å². The smallest absolute Gasteiger partial charge is 0.242 e. The molecule has 1 aromatic carbocycles. The van der Waals surface area contributed by atoms with Gasteiger partial charge in [-0.3, -0.25) is 9.69 Å². The maximum absolute atomic E-state index is 12.2. The van der Waals surface area contributed by atoms with Gasteiger partial charge in [0.1, 0.15) is 6.04 Å². The van der Waals surface area contributed by atoms with E-state index in [1.54, 1.807) is 0 Å². The topological polar surface area (TPSA) is 58.4 Å². The number of hydrogen-bond acceptors (Lipinski definition) is 3. The van der Waals surface area contributed by atoms with Crippen molar-refractivity contribution in [2.75, 3.05) is 20.6 Å². The van der Waals surface area contributed by atoms with Crippen molar-refractivity contribution in [2.45, 2.75) is 25.4 Å². The minimum atomic E-state index is -0.400. The van der Waals surface area contributed by atoms with Gasteiger partial charge in [-0.1, -0.05) is 30.3 Å². The molecule has 20 heavy (non-hydrogen) atoms. The fourth-order valence-corrected chi connectivity index (χ4v) is 1.73. The highest BCUT2D eigenvalue weighted by Gasteiger charge is 2.23. The summed E-state index contributed by atoms with van der Waals surface area (Å²) < 4.78 is 0. The van der Waals surface area contributed by atoms with Gasteiger partial charge in [-0.15, -0.1) is 24.8 Å². The molecule has 0 saturated carbocycles. The molecule has 1 rings (SSSR count). The summed E-state index contributed by atoms with van der Waals surface area (Å²) in [7, 11) is 3.79. The second-order valence-corrected chi connectivity index (χ2v) is 5.48. The highest BCUT2D eigenvalue weighted by molar-refractivity contribution is 5.85. The molecule has 3 N–H and O–H groups in total. The van der Waals surface area contributed by atoms with Crippen LogP contribution in [0.2, 0.25) is 0 Å². The SMILES string of the molecule is CN(C)C(C(=O)NCC(C)(C)N)c1ccccc1.Cl.Cl. The zero-order chi connectivity index (χ0) is 13.8. The van der Waals surface area contributed by atoms with Gasteiger partial charge in [0, 0.05) is 12.1 Å². The molecule has 1 aromatic rings. The van der Waals surface area contributed by atoms with Crippen LogP contribution in [-0.2, 0) is 4.79 Å². The van der Waals surface area contributed by atoms with E-state index in [-0.39, 0.29) is 36.8 Å². The number of carbonyl (C=O) groups is 1. The van der Waals surface area contributed by atoms with E-state index in [4.69, 9.17) is 5.73 Å². The number of amides is 1. The Kier molecular flexibility index (Phi) is 9.87. The number of rotatable bonds is 5. The Morgan fingerprint density at radius 3 is 2.15 bits per heavy atom. The van der Waals surface area contributed by atoms with Gasteiger partial charge >= 0.3 is 0 Å². The minimum absolute atomic E-state index is 0. The van der Waals surface area contributed by atoms with Crippen molar-refractivity contribution in [3.63, 3.8) is 0 Å². The first-order valence-electron chi connectivity index (χ1n) is 6.09. The van der Waals surface area contributed by atoms with Crippen LogP contribution in [0.1, 0.15) is 25.5 Å². The van der Waals surface area contributed by atoms with Crippen molar-refractivity contribution < 1.29 is 4.79 Å². The minimum Gasteiger partial charge on any atom is -0.353 e. The Hall–Kier alpha value is -0.810. The average molecular weight is 322 g/mol. The van der Waals surface area contributed by atoms with E-state index < -0.39 is 5.54 Å². The van der Waals surface area contributed by atoms with E-state index in [9.17, 15) is 4.79 Å². The van der Waals surface area contributed by atoms with Crippen molar-refractivity contribution in [2.24, 2.45) is 5.73 Å². The Labute approximate surface area is 133 Å². The van der Waals surface area contributed by atoms with Crippen LogP contribution < -0.4 is 11.1 Å². The molecule has 0 aliphatic rings. The van der Waals surface area contributed by atoms with Crippen molar-refractivity contribution in [1.29, 1.82) is 0 Å². The maximum atomic E-state index is 12.2. The molecule has 0 heterocycles. The zero-order valence-corrected chi connectivity index (χ0v) is 14.1. The molecule has 1 atom stereocenters. The van der Waals surface area contributed by atoms with E-state index in [1.807, 2.05) is 63.2 Å². The Morgan fingerprint density at radius 1 is 1.25 bits per heavy atom. The molecule has 116 valence electrons. The normalized spacial score (nSPS) is 12.1. The molecular formula is C14H25Cl2N3O. The first-order valence-corrected chi connectivity index (χ1v) is 6.09. The van der Waals surface area contributed by atoms with Crippen molar-refractivity contribution in [1.82, 2.24) is 10.2 Å². The number of benzene rings is 1. The fraction of sp³-hybridized carbons (Fsp3) is 0.500. The van der Waals surface area contributed by atoms with Crippen LogP contribution in [0, 0.1) is 0 Å². The standard InChI is InChI=1S/C14H23N3O.2ClH/c1-14(2,15)10-16-13(18)12(17(3)4)11-8-6-5-7-9-11;;/h5-9,12H,10,15H2,1-4H3,(H,16,18);2*1H. The summed E-state index contributed by atoms with van der Waals surface area (Å²) in [6.45, 7) is 4.24. The van der Waals surface area contributed by atoms with Gasteiger partial charge in [0.05, 0.1) is 0 Å². The molecule has 6 heteroatoms. The van der Waals surface area contributed by atoms with Crippen LogP contribution in [0.15, 0.2) is 30.3 Å². The van der Waals surface area contributed by atoms with Gasteiger partial charge in [0.15, 0.2) is 0 Å². The molecule has 0 aliphatic carbocycles. The van der Waals surface area contributed by atoms with Crippen molar-refractivity contribution in [3.05, 3.63) is 35.9 Å². The fourth-order valence-electron chi connectivity index (χ4n) is 1.73. The molecule has 0 bridgehead atoms. The molecule has 0 radical (unpaired) electrons. The van der Waals surface area contributed by atoms with E-state index in [1.165, 1.54) is 0 Å². The predicted molar refractivity (Wildman–Crippen MR) is 88.6 cm³/mol. The van der Waals surface area contributed by atoms with E-state index in [0.717, 1.165) is 5.56 Å². The number of carbonyl (C=O) groups excluding carboxylic acids is 1. The lowest BCUT2D eigenvalue weighted by molar-refractivity contribution is -0.126. The zero-order valence-electron chi connectivity index (χ0n) is 12.4. The Balaban J connectivity index is 0. The summed E-state index contributed by atoms with van der Waals surface area (Å²) in [6, 6.07) is 9.44. The third-order valence-electron chi connectivity index (χ3n) is 2.60. The summed E-state index contributed by atoms with van der Waals surface area (Å²) >= 11 is 0. The molecular weight excluding hydrogens is 297 g/mol. The Bertz CT molecular complexity index is 391. The van der Waals surface area contributed by atoms with E-state index in [2.05, 4.69) is 5.32 Å². The van der Waals surface area contributed by atoms with E-state index >= 15 is 0 Å². The summed E-state index contributed by atoms with van der Waals surface area (Å²) in [6.07, 6.45) is 0. The summed E-state index contributed by atoms with van der Waals surface area (Å²) in [5, 5.41) is 2.90. The highest BCUT2D eigenvalue weighted by atomic mass is 35.5. The molecule has 0 fully saturated rings. The van der Waals surface area contributed by atoms with Crippen LogP contribution in [0.5, 0.6) is 0 Å².